The Balaban J connectivity index is 1.42. The van der Waals surface area contributed by atoms with E-state index < -0.39 is 5.60 Å². The number of carbonyl (C=O) groups excluding carboxylic acids is 1. The summed E-state index contributed by atoms with van der Waals surface area (Å²) in [6.45, 7) is 3.10. The Hall–Kier alpha value is -1.62. The second-order valence-corrected chi connectivity index (χ2v) is 7.79. The predicted molar refractivity (Wildman–Crippen MR) is 92.7 cm³/mol. The molecule has 5 heteroatoms. The van der Waals surface area contributed by atoms with Crippen molar-refractivity contribution >= 4 is 11.6 Å². The fraction of sp³-hybridized carbons (Fsp3) is 0.684. The predicted octanol–water partition coefficient (Wildman–Crippen LogP) is 2.06. The van der Waals surface area contributed by atoms with Gasteiger partial charge in [-0.25, -0.2) is 0 Å². The van der Waals surface area contributed by atoms with Gasteiger partial charge in [0.25, 0.3) is 0 Å². The molecule has 4 rings (SSSR count). The van der Waals surface area contributed by atoms with Gasteiger partial charge in [0.05, 0.1) is 5.60 Å². The van der Waals surface area contributed by atoms with Crippen molar-refractivity contribution in [2.24, 2.45) is 11.8 Å². The van der Waals surface area contributed by atoms with Crippen LogP contribution in [0.15, 0.2) is 24.5 Å². The molecule has 3 heterocycles. The number of piperidine rings is 2. The highest BCUT2D eigenvalue weighted by atomic mass is 16.3. The summed E-state index contributed by atoms with van der Waals surface area (Å²) in [6.07, 6.45) is 9.53. The summed E-state index contributed by atoms with van der Waals surface area (Å²) in [5.74, 6) is 1.04. The maximum absolute atomic E-state index is 12.6. The second-order valence-electron chi connectivity index (χ2n) is 7.79. The van der Waals surface area contributed by atoms with Gasteiger partial charge in [-0.05, 0) is 43.7 Å². The van der Waals surface area contributed by atoms with Crippen LogP contribution >= 0.6 is 0 Å². The number of carbonyl (C=O) groups is 1. The molecular weight excluding hydrogens is 302 g/mol. The summed E-state index contributed by atoms with van der Waals surface area (Å²) in [4.78, 5) is 21.0. The maximum Gasteiger partial charge on any atom is 0.222 e. The first kappa shape index (κ1) is 15.9. The normalized spacial score (nSPS) is 30.6. The number of nitrogens with zero attached hydrogens (tertiary/aromatic N) is 3. The average molecular weight is 329 g/mol. The molecule has 1 aromatic heterocycles. The third-order valence-corrected chi connectivity index (χ3v) is 6.34. The highest BCUT2D eigenvalue weighted by molar-refractivity contribution is 5.76. The standard InChI is InChI=1S/C19H27N3O2/c23-18(12-15-2-1-3-15)22-11-7-19(24)6-10-21(13-16(19)14-22)17-4-8-20-9-5-17/h4-5,8-9,15-16,24H,1-3,6-7,10-14H2/t16-,19-/m1/s1. The van der Waals surface area contributed by atoms with E-state index in [2.05, 4.69) is 9.88 Å². The van der Waals surface area contributed by atoms with E-state index >= 15 is 0 Å². The first-order valence-corrected chi connectivity index (χ1v) is 9.29. The van der Waals surface area contributed by atoms with Gasteiger partial charge in [-0.15, -0.1) is 0 Å². The van der Waals surface area contributed by atoms with Gasteiger partial charge in [0.1, 0.15) is 0 Å². The Bertz CT molecular complexity index is 590. The van der Waals surface area contributed by atoms with Gasteiger partial charge in [0, 0.05) is 56.6 Å². The van der Waals surface area contributed by atoms with Gasteiger partial charge in [-0.2, -0.15) is 0 Å². The molecular formula is C19H27N3O2. The van der Waals surface area contributed by atoms with Crippen LogP contribution in [0.4, 0.5) is 5.69 Å². The van der Waals surface area contributed by atoms with E-state index in [9.17, 15) is 9.90 Å². The van der Waals surface area contributed by atoms with Gasteiger partial charge in [-0.1, -0.05) is 6.42 Å². The second kappa shape index (κ2) is 6.36. The minimum Gasteiger partial charge on any atom is -0.389 e. The van der Waals surface area contributed by atoms with Crippen molar-refractivity contribution < 1.29 is 9.90 Å². The molecule has 24 heavy (non-hydrogen) atoms. The Kier molecular flexibility index (Phi) is 4.21. The third kappa shape index (κ3) is 3.02. The monoisotopic (exact) mass is 329 g/mol. The highest BCUT2D eigenvalue weighted by Crippen LogP contribution is 2.38. The van der Waals surface area contributed by atoms with Crippen molar-refractivity contribution in [1.29, 1.82) is 0 Å². The number of hydrogen-bond donors (Lipinski definition) is 1. The van der Waals surface area contributed by atoms with Crippen molar-refractivity contribution in [2.45, 2.75) is 44.1 Å². The topological polar surface area (TPSA) is 56.7 Å². The molecule has 0 aromatic carbocycles. The SMILES string of the molecule is O=C(CC1CCC1)N1CC[C@]2(O)CCN(c3ccncc3)C[C@@H]2C1. The van der Waals surface area contributed by atoms with Crippen molar-refractivity contribution in [3.05, 3.63) is 24.5 Å². The van der Waals surface area contributed by atoms with Crippen molar-refractivity contribution in [3.8, 4) is 0 Å². The number of fused-ring (bicyclic) bond motifs is 1. The first-order chi connectivity index (χ1) is 11.6. The fourth-order valence-corrected chi connectivity index (χ4v) is 4.39. The van der Waals surface area contributed by atoms with Gasteiger partial charge in [0.2, 0.25) is 5.91 Å². The molecule has 5 nitrogen and oxygen atoms in total. The van der Waals surface area contributed by atoms with Gasteiger partial charge in [-0.3, -0.25) is 9.78 Å². The molecule has 0 bridgehead atoms. The molecule has 3 fully saturated rings. The largest absolute Gasteiger partial charge is 0.389 e. The molecule has 0 spiro atoms. The molecule has 2 aliphatic heterocycles. The van der Waals surface area contributed by atoms with Crippen LogP contribution in [-0.4, -0.2) is 52.7 Å². The molecule has 2 saturated heterocycles. The Morgan fingerprint density at radius 1 is 1.21 bits per heavy atom. The molecule has 0 radical (unpaired) electrons. The summed E-state index contributed by atoms with van der Waals surface area (Å²) in [5, 5.41) is 11.0. The van der Waals surface area contributed by atoms with Crippen molar-refractivity contribution in [3.63, 3.8) is 0 Å². The molecule has 1 amide bonds. The van der Waals surface area contributed by atoms with Gasteiger partial charge < -0.3 is 14.9 Å². The summed E-state index contributed by atoms with van der Waals surface area (Å²) in [5.41, 5.74) is 0.557. The molecule has 130 valence electrons. The number of amides is 1. The number of aliphatic hydroxyl groups is 1. The summed E-state index contributed by atoms with van der Waals surface area (Å²) < 4.78 is 0. The maximum atomic E-state index is 12.6. The lowest BCUT2D eigenvalue weighted by Crippen LogP contribution is -2.60. The van der Waals surface area contributed by atoms with E-state index in [1.807, 2.05) is 29.4 Å². The lowest BCUT2D eigenvalue weighted by molar-refractivity contribution is -0.142. The van der Waals surface area contributed by atoms with E-state index in [1.165, 1.54) is 19.3 Å². The number of anilines is 1. The third-order valence-electron chi connectivity index (χ3n) is 6.34. The Labute approximate surface area is 143 Å². The van der Waals surface area contributed by atoms with Crippen LogP contribution < -0.4 is 4.90 Å². The average Bonchev–Trinajstić information content (AvgIpc) is 2.57. The van der Waals surface area contributed by atoms with E-state index in [-0.39, 0.29) is 5.92 Å². The minimum atomic E-state index is -0.600. The van der Waals surface area contributed by atoms with Crippen LogP contribution in [0.5, 0.6) is 0 Å². The number of aromatic nitrogens is 1. The first-order valence-electron chi connectivity index (χ1n) is 9.29. The zero-order valence-corrected chi connectivity index (χ0v) is 14.2. The van der Waals surface area contributed by atoms with E-state index in [0.717, 1.165) is 31.6 Å². The summed E-state index contributed by atoms with van der Waals surface area (Å²) >= 11 is 0. The number of hydrogen-bond acceptors (Lipinski definition) is 4. The molecule has 0 unspecified atom stereocenters. The van der Waals surface area contributed by atoms with E-state index in [4.69, 9.17) is 0 Å². The zero-order chi connectivity index (χ0) is 16.6. The number of rotatable bonds is 3. The van der Waals surface area contributed by atoms with Crippen LogP contribution in [-0.2, 0) is 4.79 Å². The van der Waals surface area contributed by atoms with E-state index in [1.54, 1.807) is 0 Å². The lowest BCUT2D eigenvalue weighted by Gasteiger charge is -2.51. The van der Waals surface area contributed by atoms with Crippen molar-refractivity contribution in [2.75, 3.05) is 31.1 Å². The summed E-state index contributed by atoms with van der Waals surface area (Å²) in [6, 6.07) is 4.04. The number of pyridine rings is 1. The van der Waals surface area contributed by atoms with Crippen LogP contribution in [0.3, 0.4) is 0 Å². The van der Waals surface area contributed by atoms with Crippen LogP contribution in [0.1, 0.15) is 38.5 Å². The fourth-order valence-electron chi connectivity index (χ4n) is 4.39. The molecule has 2 atom stereocenters. The molecule has 1 aromatic rings. The van der Waals surface area contributed by atoms with Crippen molar-refractivity contribution in [1.82, 2.24) is 9.88 Å². The lowest BCUT2D eigenvalue weighted by atomic mass is 9.75. The Morgan fingerprint density at radius 3 is 2.67 bits per heavy atom. The molecule has 1 saturated carbocycles. The minimum absolute atomic E-state index is 0.138. The van der Waals surface area contributed by atoms with Crippen LogP contribution in [0.2, 0.25) is 0 Å². The zero-order valence-electron chi connectivity index (χ0n) is 14.2. The summed E-state index contributed by atoms with van der Waals surface area (Å²) in [7, 11) is 0. The van der Waals surface area contributed by atoms with Gasteiger partial charge >= 0.3 is 0 Å². The smallest absolute Gasteiger partial charge is 0.222 e. The molecule has 1 N–H and O–H groups in total. The molecule has 1 aliphatic carbocycles. The van der Waals surface area contributed by atoms with Crippen LogP contribution in [0.25, 0.3) is 0 Å². The quantitative estimate of drug-likeness (QED) is 0.922. The highest BCUT2D eigenvalue weighted by Gasteiger charge is 2.46. The van der Waals surface area contributed by atoms with Gasteiger partial charge in [0.15, 0.2) is 0 Å². The Morgan fingerprint density at radius 2 is 1.96 bits per heavy atom. The van der Waals surface area contributed by atoms with Crippen LogP contribution in [0, 0.1) is 11.8 Å². The van der Waals surface area contributed by atoms with E-state index in [0.29, 0.717) is 31.3 Å². The number of likely N-dealkylation sites (tertiary alicyclic amines) is 1. The molecule has 3 aliphatic rings.